The van der Waals surface area contributed by atoms with Crippen LogP contribution >= 0.6 is 11.8 Å². The van der Waals surface area contributed by atoms with Crippen molar-refractivity contribution in [3.05, 3.63) is 89.5 Å². The Morgan fingerprint density at radius 2 is 1.47 bits per heavy atom. The molecule has 1 atom stereocenters. The van der Waals surface area contributed by atoms with E-state index in [4.69, 9.17) is 5.11 Å². The van der Waals surface area contributed by atoms with E-state index in [0.717, 1.165) is 34.9 Å². The molecule has 1 amide bonds. The van der Waals surface area contributed by atoms with E-state index < -0.39 is 11.9 Å². The first-order valence-corrected chi connectivity index (χ1v) is 12.8. The summed E-state index contributed by atoms with van der Waals surface area (Å²) >= 11 is 1.75. The van der Waals surface area contributed by atoms with Gasteiger partial charge in [0.05, 0.1) is 6.42 Å². The molecule has 1 unspecified atom stereocenters. The fourth-order valence-corrected chi connectivity index (χ4v) is 5.16. The summed E-state index contributed by atoms with van der Waals surface area (Å²) < 4.78 is 27.0. The average molecular weight is 512 g/mol. The van der Waals surface area contributed by atoms with Crippen molar-refractivity contribution in [1.29, 1.82) is 0 Å². The minimum atomic E-state index is -2.85. The molecule has 7 heteroatoms. The van der Waals surface area contributed by atoms with Crippen LogP contribution in [0.25, 0.3) is 11.1 Å². The predicted molar refractivity (Wildman–Crippen MR) is 141 cm³/mol. The molecule has 0 spiro atoms. The largest absolute Gasteiger partial charge is 0.481 e. The molecule has 0 bridgehead atoms. The fourth-order valence-electron chi connectivity index (χ4n) is 3.76. The van der Waals surface area contributed by atoms with Crippen LogP contribution in [0, 0.1) is 5.92 Å². The maximum absolute atomic E-state index is 13.5. The molecule has 0 saturated carbocycles. The number of amides is 1. The molecule has 4 nitrogen and oxygen atoms in total. The van der Waals surface area contributed by atoms with Crippen molar-refractivity contribution < 1.29 is 23.5 Å². The van der Waals surface area contributed by atoms with Crippen LogP contribution in [0.2, 0.25) is 0 Å². The van der Waals surface area contributed by atoms with Gasteiger partial charge in [0.1, 0.15) is 0 Å². The van der Waals surface area contributed by atoms with Crippen molar-refractivity contribution in [2.45, 2.75) is 49.7 Å². The summed E-state index contributed by atoms with van der Waals surface area (Å²) in [4.78, 5) is 24.0. The van der Waals surface area contributed by atoms with Crippen LogP contribution in [-0.4, -0.2) is 23.5 Å². The molecular formula is C29H31F2NO3S. The van der Waals surface area contributed by atoms with Gasteiger partial charge in [-0.05, 0) is 53.3 Å². The summed E-state index contributed by atoms with van der Waals surface area (Å²) in [5.41, 5.74) is 3.45. The molecule has 3 aromatic carbocycles. The summed E-state index contributed by atoms with van der Waals surface area (Å²) in [6.45, 7) is 5.33. The lowest BCUT2D eigenvalue weighted by Crippen LogP contribution is -2.25. The highest BCUT2D eigenvalue weighted by molar-refractivity contribution is 7.99. The van der Waals surface area contributed by atoms with Gasteiger partial charge in [0.2, 0.25) is 0 Å². The quantitative estimate of drug-likeness (QED) is 0.261. The van der Waals surface area contributed by atoms with E-state index in [1.54, 1.807) is 36.0 Å². The lowest BCUT2D eigenvalue weighted by Gasteiger charge is -2.20. The minimum absolute atomic E-state index is 0.00119. The molecule has 3 rings (SSSR count). The number of hydrogen-bond donors (Lipinski definition) is 2. The van der Waals surface area contributed by atoms with Crippen molar-refractivity contribution >= 4 is 23.6 Å². The number of carboxylic acids is 1. The SMILES string of the molecule is CC(C)CC(Sc1ccc(-c2ccc(C(C)(F)F)cc2)cc1)c1ccc(C(=O)NCCC(=O)O)cc1. The van der Waals surface area contributed by atoms with Gasteiger partial charge >= 0.3 is 5.97 Å². The van der Waals surface area contributed by atoms with Gasteiger partial charge in [-0.15, -0.1) is 11.8 Å². The van der Waals surface area contributed by atoms with Gasteiger partial charge in [0, 0.05) is 34.7 Å². The summed E-state index contributed by atoms with van der Waals surface area (Å²) in [7, 11) is 0. The van der Waals surface area contributed by atoms with E-state index >= 15 is 0 Å². The van der Waals surface area contributed by atoms with Crippen molar-refractivity contribution in [2.75, 3.05) is 6.54 Å². The van der Waals surface area contributed by atoms with Gasteiger partial charge in [-0.25, -0.2) is 8.78 Å². The van der Waals surface area contributed by atoms with Crippen LogP contribution in [0.15, 0.2) is 77.7 Å². The lowest BCUT2D eigenvalue weighted by atomic mass is 10.0. The number of thioether (sulfide) groups is 1. The van der Waals surface area contributed by atoms with Crippen LogP contribution in [0.3, 0.4) is 0 Å². The molecule has 0 aliphatic rings. The molecule has 190 valence electrons. The van der Waals surface area contributed by atoms with Gasteiger partial charge in [-0.3, -0.25) is 9.59 Å². The number of carbonyl (C=O) groups excluding carboxylic acids is 1. The number of aliphatic carboxylic acids is 1. The highest BCUT2D eigenvalue weighted by Gasteiger charge is 2.23. The zero-order valence-electron chi connectivity index (χ0n) is 20.6. The normalized spacial score (nSPS) is 12.4. The third kappa shape index (κ3) is 7.92. The van der Waals surface area contributed by atoms with E-state index in [9.17, 15) is 18.4 Å². The maximum Gasteiger partial charge on any atom is 0.305 e. The van der Waals surface area contributed by atoms with E-state index in [0.29, 0.717) is 11.5 Å². The monoisotopic (exact) mass is 511 g/mol. The van der Waals surface area contributed by atoms with E-state index in [1.807, 2.05) is 36.4 Å². The van der Waals surface area contributed by atoms with Crippen LogP contribution < -0.4 is 5.32 Å². The second-order valence-corrected chi connectivity index (χ2v) is 10.5. The molecule has 2 N–H and O–H groups in total. The zero-order valence-corrected chi connectivity index (χ0v) is 21.4. The molecule has 0 radical (unpaired) electrons. The number of carbonyl (C=O) groups is 2. The number of alkyl halides is 2. The van der Waals surface area contributed by atoms with Crippen molar-refractivity contribution in [1.82, 2.24) is 5.32 Å². The Kier molecular flexibility index (Phi) is 9.26. The van der Waals surface area contributed by atoms with Gasteiger partial charge in [-0.1, -0.05) is 62.4 Å². The maximum atomic E-state index is 13.5. The first kappa shape index (κ1) is 27.4. The Morgan fingerprint density at radius 3 is 1.97 bits per heavy atom. The first-order chi connectivity index (χ1) is 17.0. The zero-order chi connectivity index (χ0) is 26.3. The summed E-state index contributed by atoms with van der Waals surface area (Å²) in [6, 6.07) is 21.9. The molecule has 0 aromatic heterocycles. The fraction of sp³-hybridized carbons (Fsp3) is 0.310. The average Bonchev–Trinajstić information content (AvgIpc) is 2.83. The number of hydrogen-bond acceptors (Lipinski definition) is 3. The Morgan fingerprint density at radius 1 is 0.917 bits per heavy atom. The van der Waals surface area contributed by atoms with Crippen LogP contribution in [0.1, 0.15) is 60.3 Å². The van der Waals surface area contributed by atoms with E-state index in [-0.39, 0.29) is 29.7 Å². The minimum Gasteiger partial charge on any atom is -0.481 e. The highest BCUT2D eigenvalue weighted by atomic mass is 32.2. The summed E-state index contributed by atoms with van der Waals surface area (Å²) in [6.07, 6.45) is 0.832. The van der Waals surface area contributed by atoms with Gasteiger partial charge in [-0.2, -0.15) is 0 Å². The molecule has 0 heterocycles. The number of nitrogens with one attached hydrogen (secondary N) is 1. The second kappa shape index (κ2) is 12.2. The van der Waals surface area contributed by atoms with Gasteiger partial charge in [0.25, 0.3) is 11.8 Å². The van der Waals surface area contributed by atoms with Gasteiger partial charge < -0.3 is 10.4 Å². The van der Waals surface area contributed by atoms with E-state index in [1.165, 1.54) is 12.1 Å². The second-order valence-electron chi connectivity index (χ2n) is 9.25. The Hall–Kier alpha value is -3.19. The summed E-state index contributed by atoms with van der Waals surface area (Å²) in [5, 5.41) is 11.5. The first-order valence-electron chi connectivity index (χ1n) is 11.9. The van der Waals surface area contributed by atoms with Crippen molar-refractivity contribution in [3.63, 3.8) is 0 Å². The molecule has 3 aromatic rings. The smallest absolute Gasteiger partial charge is 0.305 e. The topological polar surface area (TPSA) is 66.4 Å². The molecule has 0 aliphatic carbocycles. The molecular weight excluding hydrogens is 480 g/mol. The van der Waals surface area contributed by atoms with Crippen molar-refractivity contribution in [2.24, 2.45) is 5.92 Å². The summed E-state index contributed by atoms with van der Waals surface area (Å²) in [5.74, 6) is -3.63. The standard InChI is InChI=1S/C29H31F2NO3S/c1-19(2)18-26(22-4-6-23(7-5-22)28(35)32-17-16-27(33)34)36-25-14-10-21(11-15-25)20-8-12-24(13-9-20)29(3,30)31/h4-15,19,26H,16-18H2,1-3H3,(H,32,35)(H,33,34). The van der Waals surface area contributed by atoms with Gasteiger partial charge in [0.15, 0.2) is 0 Å². The number of rotatable bonds is 11. The van der Waals surface area contributed by atoms with Crippen LogP contribution in [0.4, 0.5) is 8.78 Å². The number of carboxylic acid groups (broad SMARTS) is 1. The van der Waals surface area contributed by atoms with Crippen molar-refractivity contribution in [3.8, 4) is 11.1 Å². The Labute approximate surface area is 215 Å². The third-order valence-electron chi connectivity index (χ3n) is 5.71. The Bertz CT molecular complexity index is 1160. The number of halogens is 2. The Balaban J connectivity index is 1.70. The van der Waals surface area contributed by atoms with Crippen LogP contribution in [0.5, 0.6) is 0 Å². The van der Waals surface area contributed by atoms with Crippen LogP contribution in [-0.2, 0) is 10.7 Å². The van der Waals surface area contributed by atoms with E-state index in [2.05, 4.69) is 19.2 Å². The molecule has 36 heavy (non-hydrogen) atoms. The molecule has 0 saturated heterocycles. The predicted octanol–water partition coefficient (Wildman–Crippen LogP) is 7.55. The number of benzene rings is 3. The lowest BCUT2D eigenvalue weighted by molar-refractivity contribution is -0.136. The molecule has 0 aliphatic heterocycles. The highest BCUT2D eigenvalue weighted by Crippen LogP contribution is 2.40. The molecule has 0 fully saturated rings. The third-order valence-corrected chi connectivity index (χ3v) is 7.01.